The van der Waals surface area contributed by atoms with E-state index in [1.54, 1.807) is 37.8 Å². The number of carbonyl (C=O) groups is 1. The quantitative estimate of drug-likeness (QED) is 0.562. The molecule has 0 bridgehead atoms. The van der Waals surface area contributed by atoms with E-state index in [4.69, 9.17) is 4.74 Å². The molecule has 0 radical (unpaired) electrons. The fourth-order valence-electron chi connectivity index (χ4n) is 2.76. The number of aromatic hydroxyl groups is 1. The van der Waals surface area contributed by atoms with Gasteiger partial charge in [-0.05, 0) is 25.1 Å². The first kappa shape index (κ1) is 13.5. The minimum absolute atomic E-state index is 0.132. The van der Waals surface area contributed by atoms with Crippen molar-refractivity contribution in [1.29, 1.82) is 0 Å². The second-order valence-electron chi connectivity index (χ2n) is 5.11. The van der Waals surface area contributed by atoms with Gasteiger partial charge in [-0.2, -0.15) is 0 Å². The first-order valence-electron chi connectivity index (χ1n) is 7.14. The van der Waals surface area contributed by atoms with Crippen LogP contribution in [0.5, 0.6) is 5.75 Å². The Morgan fingerprint density at radius 2 is 2.26 bits per heavy atom. The van der Waals surface area contributed by atoms with E-state index >= 15 is 0 Å². The van der Waals surface area contributed by atoms with Crippen LogP contribution in [-0.2, 0) is 11.3 Å². The number of rotatable bonds is 2. The van der Waals surface area contributed by atoms with Gasteiger partial charge in [-0.3, -0.25) is 4.57 Å². The third-order valence-corrected chi connectivity index (χ3v) is 3.75. The van der Waals surface area contributed by atoms with Gasteiger partial charge < -0.3 is 14.4 Å². The molecule has 0 saturated heterocycles. The molecule has 0 fully saturated rings. The van der Waals surface area contributed by atoms with Crippen LogP contribution in [0, 0.1) is 0 Å². The first-order valence-corrected chi connectivity index (χ1v) is 7.14. The molecular weight excluding hydrogens is 298 g/mol. The highest BCUT2D eigenvalue weighted by Gasteiger charge is 2.26. The molecule has 0 aliphatic carbocycles. The molecule has 8 heteroatoms. The molecule has 2 aromatic heterocycles. The summed E-state index contributed by atoms with van der Waals surface area (Å²) in [6.07, 6.45) is 3.16. The Balaban J connectivity index is 1.97. The van der Waals surface area contributed by atoms with Crippen molar-refractivity contribution in [3.05, 3.63) is 42.2 Å². The molecule has 3 aromatic rings. The maximum absolute atomic E-state index is 12.1. The van der Waals surface area contributed by atoms with E-state index in [1.807, 2.05) is 9.13 Å². The fraction of sp³-hybridized carbons (Fsp3) is 0.200. The molecule has 0 saturated carbocycles. The van der Waals surface area contributed by atoms with Gasteiger partial charge in [0, 0.05) is 5.56 Å². The van der Waals surface area contributed by atoms with E-state index in [1.165, 1.54) is 0 Å². The van der Waals surface area contributed by atoms with Gasteiger partial charge in [0.2, 0.25) is 0 Å². The van der Waals surface area contributed by atoms with Gasteiger partial charge in [0.05, 0.1) is 24.5 Å². The lowest BCUT2D eigenvalue weighted by Gasteiger charge is -2.08. The van der Waals surface area contributed by atoms with Crippen LogP contribution in [0.2, 0.25) is 0 Å². The van der Waals surface area contributed by atoms with Crippen LogP contribution in [0.25, 0.3) is 17.1 Å². The number of aromatic nitrogens is 5. The van der Waals surface area contributed by atoms with E-state index in [9.17, 15) is 9.90 Å². The van der Waals surface area contributed by atoms with Crippen LogP contribution in [0.15, 0.2) is 30.9 Å². The van der Waals surface area contributed by atoms with Crippen LogP contribution >= 0.6 is 0 Å². The number of hydrogen-bond donors (Lipinski definition) is 1. The number of hydrogen-bond acceptors (Lipinski definition) is 6. The maximum Gasteiger partial charge on any atom is 0.358 e. The highest BCUT2D eigenvalue weighted by atomic mass is 16.5. The Kier molecular flexibility index (Phi) is 2.90. The van der Waals surface area contributed by atoms with Crippen LogP contribution in [0.4, 0.5) is 0 Å². The van der Waals surface area contributed by atoms with Crippen molar-refractivity contribution in [3.8, 4) is 22.8 Å². The molecule has 116 valence electrons. The third kappa shape index (κ3) is 1.99. The summed E-state index contributed by atoms with van der Waals surface area (Å²) in [5.41, 5.74) is 2.45. The summed E-state index contributed by atoms with van der Waals surface area (Å²) in [4.78, 5) is 16.3. The van der Waals surface area contributed by atoms with Gasteiger partial charge in [0.15, 0.2) is 11.5 Å². The van der Waals surface area contributed by atoms with Crippen LogP contribution in [0.3, 0.4) is 0 Å². The monoisotopic (exact) mass is 311 g/mol. The predicted octanol–water partition coefficient (Wildman–Crippen LogP) is 1.37. The summed E-state index contributed by atoms with van der Waals surface area (Å²) in [6.45, 7) is 2.42. The zero-order valence-electron chi connectivity index (χ0n) is 12.3. The highest BCUT2D eigenvalue weighted by Crippen LogP contribution is 2.33. The summed E-state index contributed by atoms with van der Waals surface area (Å²) < 4.78 is 8.70. The molecule has 8 nitrogen and oxygen atoms in total. The second-order valence-corrected chi connectivity index (χ2v) is 5.11. The second kappa shape index (κ2) is 4.94. The molecule has 1 N–H and O–H groups in total. The lowest BCUT2D eigenvalue weighted by molar-refractivity contribution is 0.0518. The zero-order valence-corrected chi connectivity index (χ0v) is 12.3. The van der Waals surface area contributed by atoms with E-state index in [-0.39, 0.29) is 18.1 Å². The normalized spacial score (nSPS) is 12.0. The fourth-order valence-corrected chi connectivity index (χ4v) is 2.76. The lowest BCUT2D eigenvalue weighted by Crippen LogP contribution is -2.11. The Morgan fingerprint density at radius 3 is 3.09 bits per heavy atom. The summed E-state index contributed by atoms with van der Waals surface area (Å²) in [6, 6.07) is 4.96. The zero-order chi connectivity index (χ0) is 16.0. The number of esters is 1. The van der Waals surface area contributed by atoms with E-state index in [0.717, 1.165) is 5.69 Å². The molecule has 0 unspecified atom stereocenters. The van der Waals surface area contributed by atoms with Crippen molar-refractivity contribution in [1.82, 2.24) is 24.3 Å². The molecule has 0 atom stereocenters. The van der Waals surface area contributed by atoms with Gasteiger partial charge in [0.25, 0.3) is 0 Å². The number of fused-ring (bicyclic) bond motifs is 5. The first-order chi connectivity index (χ1) is 11.2. The van der Waals surface area contributed by atoms with Crippen LogP contribution < -0.4 is 0 Å². The molecule has 1 aliphatic rings. The Morgan fingerprint density at radius 1 is 1.39 bits per heavy atom. The average molecular weight is 311 g/mol. The molecular formula is C15H13N5O3. The number of carbonyl (C=O) groups excluding carboxylic acids is 1. The largest absolute Gasteiger partial charge is 0.508 e. The van der Waals surface area contributed by atoms with E-state index in [0.29, 0.717) is 23.6 Å². The topological polar surface area (TPSA) is 95.1 Å². The van der Waals surface area contributed by atoms with Gasteiger partial charge in [-0.25, -0.2) is 9.78 Å². The molecule has 1 aliphatic heterocycles. The van der Waals surface area contributed by atoms with Crippen LogP contribution in [0.1, 0.15) is 23.1 Å². The van der Waals surface area contributed by atoms with Crippen molar-refractivity contribution in [3.63, 3.8) is 0 Å². The predicted molar refractivity (Wildman–Crippen MR) is 79.3 cm³/mol. The SMILES string of the molecule is CCOC(=O)c1ncn2c1Cn1cnnc1-c1cc(O)ccc1-2. The van der Waals surface area contributed by atoms with Gasteiger partial charge >= 0.3 is 5.97 Å². The number of imidazole rings is 1. The minimum atomic E-state index is -0.460. The molecule has 0 amide bonds. The number of nitrogens with zero attached hydrogens (tertiary/aromatic N) is 5. The van der Waals surface area contributed by atoms with Crippen molar-refractivity contribution >= 4 is 5.97 Å². The molecule has 1 aromatic carbocycles. The van der Waals surface area contributed by atoms with Crippen molar-refractivity contribution in [2.45, 2.75) is 13.5 Å². The Bertz CT molecular complexity index is 912. The number of benzene rings is 1. The number of ether oxygens (including phenoxy) is 1. The van der Waals surface area contributed by atoms with E-state index in [2.05, 4.69) is 15.2 Å². The molecule has 0 spiro atoms. The number of phenolic OH excluding ortho intramolecular Hbond substituents is 1. The molecule has 23 heavy (non-hydrogen) atoms. The molecule has 4 rings (SSSR count). The van der Waals surface area contributed by atoms with Gasteiger partial charge in [-0.1, -0.05) is 0 Å². The lowest BCUT2D eigenvalue weighted by atomic mass is 10.1. The standard InChI is InChI=1S/C15H13N5O3/c1-2-23-15(22)13-12-6-19-8-17-18-14(19)10-5-9(21)3-4-11(10)20(12)7-16-13/h3-5,7-8,21H,2,6H2,1H3. The van der Waals surface area contributed by atoms with Gasteiger partial charge in [0.1, 0.15) is 18.4 Å². The van der Waals surface area contributed by atoms with Crippen molar-refractivity contribution in [2.24, 2.45) is 0 Å². The van der Waals surface area contributed by atoms with Crippen molar-refractivity contribution in [2.75, 3.05) is 6.61 Å². The summed E-state index contributed by atoms with van der Waals surface area (Å²) in [5, 5.41) is 17.9. The van der Waals surface area contributed by atoms with Gasteiger partial charge in [-0.15, -0.1) is 10.2 Å². The number of phenols is 1. The third-order valence-electron chi connectivity index (χ3n) is 3.75. The highest BCUT2D eigenvalue weighted by molar-refractivity contribution is 5.89. The summed E-state index contributed by atoms with van der Waals surface area (Å²) in [5.74, 6) is 0.292. The Labute approximate surface area is 131 Å². The molecule has 3 heterocycles. The summed E-state index contributed by atoms with van der Waals surface area (Å²) >= 11 is 0. The summed E-state index contributed by atoms with van der Waals surface area (Å²) in [7, 11) is 0. The average Bonchev–Trinajstić information content (AvgIpc) is 3.13. The van der Waals surface area contributed by atoms with E-state index < -0.39 is 5.97 Å². The Hall–Kier alpha value is -3.16. The van der Waals surface area contributed by atoms with Crippen LogP contribution in [-0.4, -0.2) is 42.0 Å². The van der Waals surface area contributed by atoms with Crippen molar-refractivity contribution < 1.29 is 14.6 Å². The maximum atomic E-state index is 12.1. The smallest absolute Gasteiger partial charge is 0.358 e. The minimum Gasteiger partial charge on any atom is -0.508 e.